The molecule has 0 spiro atoms. The Labute approximate surface area is 239 Å². The van der Waals surface area contributed by atoms with Crippen molar-refractivity contribution in [3.05, 3.63) is 94.2 Å². The molecule has 3 aromatic carbocycles. The molecule has 41 heavy (non-hydrogen) atoms. The third-order valence-electron chi connectivity index (χ3n) is 8.13. The zero-order valence-electron chi connectivity index (χ0n) is 24.1. The van der Waals surface area contributed by atoms with Crippen LogP contribution in [-0.4, -0.2) is 28.3 Å². The molecule has 7 nitrogen and oxygen atoms in total. The largest absolute Gasteiger partial charge is 0.484 e. The summed E-state index contributed by atoms with van der Waals surface area (Å²) in [5, 5.41) is 2.87. The number of aromatic nitrogens is 2. The molecular formula is C33H38FN3O4. The molecule has 1 fully saturated rings. The fourth-order valence-corrected chi connectivity index (χ4v) is 5.90. The number of hydrogen-bond acceptors (Lipinski definition) is 4. The molecule has 1 saturated heterocycles. The van der Waals surface area contributed by atoms with E-state index in [1.54, 1.807) is 15.2 Å². The molecule has 0 unspecified atom stereocenters. The second-order valence-corrected chi connectivity index (χ2v) is 11.0. The number of rotatable bonds is 9. The first-order chi connectivity index (χ1) is 19.8. The van der Waals surface area contributed by atoms with E-state index in [2.05, 4.69) is 19.2 Å². The summed E-state index contributed by atoms with van der Waals surface area (Å²) in [5.41, 5.74) is 4.39. The van der Waals surface area contributed by atoms with E-state index in [1.807, 2.05) is 62.4 Å². The molecule has 1 aromatic heterocycles. The SMILES string of the molecule is CCn1c(=O)n(CC)c2cc(NC(=O)COc3ccc([C@@H]4OC[C@@H](c5ccc(F)cc5)C[C@H]4C(C)C)cc3)ccc21. The zero-order valence-corrected chi connectivity index (χ0v) is 24.1. The van der Waals surface area contributed by atoms with E-state index in [0.717, 1.165) is 28.6 Å². The number of nitrogens with one attached hydrogen (secondary N) is 1. The molecule has 1 N–H and O–H groups in total. The van der Waals surface area contributed by atoms with Gasteiger partial charge in [-0.1, -0.05) is 38.1 Å². The first kappa shape index (κ1) is 28.6. The summed E-state index contributed by atoms with van der Waals surface area (Å²) in [7, 11) is 0. The maximum atomic E-state index is 13.4. The van der Waals surface area contributed by atoms with Crippen LogP contribution >= 0.6 is 0 Å². The van der Waals surface area contributed by atoms with Gasteiger partial charge in [-0.25, -0.2) is 9.18 Å². The average Bonchev–Trinajstić information content (AvgIpc) is 3.25. The molecule has 5 rings (SSSR count). The topological polar surface area (TPSA) is 74.5 Å². The number of hydrogen-bond donors (Lipinski definition) is 1. The van der Waals surface area contributed by atoms with E-state index < -0.39 is 0 Å². The van der Waals surface area contributed by atoms with Crippen LogP contribution in [0.4, 0.5) is 10.1 Å². The summed E-state index contributed by atoms with van der Waals surface area (Å²) in [5.74, 6) is 1.05. The van der Waals surface area contributed by atoms with Crippen LogP contribution in [0.3, 0.4) is 0 Å². The van der Waals surface area contributed by atoms with Crippen LogP contribution in [0.2, 0.25) is 0 Å². The molecule has 0 bridgehead atoms. The average molecular weight is 560 g/mol. The lowest BCUT2D eigenvalue weighted by Crippen LogP contribution is -2.31. The van der Waals surface area contributed by atoms with Crippen LogP contribution in [0, 0.1) is 17.7 Å². The van der Waals surface area contributed by atoms with Crippen LogP contribution < -0.4 is 15.7 Å². The molecule has 1 aliphatic heterocycles. The number of anilines is 1. The number of imidazole rings is 1. The Balaban J connectivity index is 1.20. The zero-order chi connectivity index (χ0) is 29.1. The Bertz CT molecular complexity index is 1560. The lowest BCUT2D eigenvalue weighted by molar-refractivity contribution is -0.118. The standard InChI is InChI=1S/C33H38FN3O4/c1-5-36-29-16-13-26(18-30(29)37(6-2)33(36)39)35-31(38)20-40-27-14-9-23(10-15-27)32-28(21(3)4)17-24(19-41-32)22-7-11-25(34)12-8-22/h7-16,18,21,24,28,32H,5-6,17,19-20H2,1-4H3,(H,35,38)/t24-,28-,32-/m0/s1. The van der Waals surface area contributed by atoms with Crippen molar-refractivity contribution < 1.29 is 18.7 Å². The minimum Gasteiger partial charge on any atom is -0.484 e. The predicted octanol–water partition coefficient (Wildman–Crippen LogP) is 6.52. The highest BCUT2D eigenvalue weighted by Crippen LogP contribution is 2.43. The minimum atomic E-state index is -0.281. The summed E-state index contributed by atoms with van der Waals surface area (Å²) in [6.07, 6.45) is 0.928. The fourth-order valence-electron chi connectivity index (χ4n) is 5.90. The molecule has 8 heteroatoms. The number of aryl methyl sites for hydroxylation is 2. The van der Waals surface area contributed by atoms with Crippen molar-refractivity contribution >= 4 is 22.6 Å². The highest BCUT2D eigenvalue weighted by atomic mass is 19.1. The number of nitrogens with zero attached hydrogens (tertiary/aromatic N) is 2. The molecule has 1 amide bonds. The molecular weight excluding hydrogens is 521 g/mol. The smallest absolute Gasteiger partial charge is 0.329 e. The first-order valence-corrected chi connectivity index (χ1v) is 14.4. The number of carbonyl (C=O) groups is 1. The monoisotopic (exact) mass is 559 g/mol. The van der Waals surface area contributed by atoms with Gasteiger partial charge in [-0.2, -0.15) is 0 Å². The van der Waals surface area contributed by atoms with Crippen molar-refractivity contribution in [3.63, 3.8) is 0 Å². The first-order valence-electron chi connectivity index (χ1n) is 14.4. The maximum Gasteiger partial charge on any atom is 0.329 e. The highest BCUT2D eigenvalue weighted by Gasteiger charge is 2.35. The molecule has 0 aliphatic carbocycles. The lowest BCUT2D eigenvalue weighted by atomic mass is 9.76. The van der Waals surface area contributed by atoms with Crippen LogP contribution in [0.1, 0.15) is 57.3 Å². The Hall–Kier alpha value is -3.91. The second-order valence-electron chi connectivity index (χ2n) is 11.0. The molecule has 1 aliphatic rings. The summed E-state index contributed by atoms with van der Waals surface area (Å²) < 4.78 is 29.0. The van der Waals surface area contributed by atoms with Crippen LogP contribution in [0.5, 0.6) is 5.75 Å². The lowest BCUT2D eigenvalue weighted by Gasteiger charge is -2.39. The summed E-state index contributed by atoms with van der Waals surface area (Å²) >= 11 is 0. The van der Waals surface area contributed by atoms with Crippen LogP contribution in [-0.2, 0) is 22.6 Å². The Morgan fingerprint density at radius 1 is 0.976 bits per heavy atom. The highest BCUT2D eigenvalue weighted by molar-refractivity contribution is 5.94. The van der Waals surface area contributed by atoms with Gasteiger partial charge in [0.1, 0.15) is 11.6 Å². The molecule has 3 atom stereocenters. The van der Waals surface area contributed by atoms with Gasteiger partial charge in [0.05, 0.1) is 23.7 Å². The van der Waals surface area contributed by atoms with E-state index in [-0.39, 0.29) is 36.0 Å². The number of fused-ring (bicyclic) bond motifs is 1. The van der Waals surface area contributed by atoms with Crippen molar-refractivity contribution in [2.45, 2.75) is 59.2 Å². The third-order valence-corrected chi connectivity index (χ3v) is 8.13. The van der Waals surface area contributed by atoms with E-state index in [1.165, 1.54) is 12.1 Å². The number of ether oxygens (including phenoxy) is 2. The van der Waals surface area contributed by atoms with Gasteiger partial charge in [-0.3, -0.25) is 13.9 Å². The quantitative estimate of drug-likeness (QED) is 0.254. The van der Waals surface area contributed by atoms with Gasteiger partial charge in [-0.15, -0.1) is 0 Å². The van der Waals surface area contributed by atoms with E-state index in [0.29, 0.717) is 43.0 Å². The van der Waals surface area contributed by atoms with E-state index >= 15 is 0 Å². The molecule has 4 aromatic rings. The molecule has 2 heterocycles. The van der Waals surface area contributed by atoms with E-state index in [9.17, 15) is 14.0 Å². The summed E-state index contributed by atoms with van der Waals surface area (Å²) in [4.78, 5) is 25.3. The number of benzene rings is 3. The Morgan fingerprint density at radius 3 is 2.29 bits per heavy atom. The minimum absolute atomic E-state index is 0.0398. The van der Waals surface area contributed by atoms with Gasteiger partial charge >= 0.3 is 5.69 Å². The summed E-state index contributed by atoms with van der Waals surface area (Å²) in [6, 6.07) is 20.0. The molecule has 0 radical (unpaired) electrons. The van der Waals surface area contributed by atoms with Gasteiger partial charge in [0.25, 0.3) is 5.91 Å². The van der Waals surface area contributed by atoms with E-state index in [4.69, 9.17) is 9.47 Å². The van der Waals surface area contributed by atoms with Gasteiger partial charge < -0.3 is 14.8 Å². The van der Waals surface area contributed by atoms with Crippen LogP contribution in [0.25, 0.3) is 11.0 Å². The van der Waals surface area contributed by atoms with Crippen molar-refractivity contribution in [1.29, 1.82) is 0 Å². The normalized spacial score (nSPS) is 19.0. The number of halogens is 1. The van der Waals surface area contributed by atoms with Crippen molar-refractivity contribution in [1.82, 2.24) is 9.13 Å². The Morgan fingerprint density at radius 2 is 1.63 bits per heavy atom. The fraction of sp³-hybridized carbons (Fsp3) is 0.394. The number of amides is 1. The Kier molecular flexibility index (Phi) is 8.59. The van der Waals surface area contributed by atoms with Crippen molar-refractivity contribution in [2.24, 2.45) is 11.8 Å². The third kappa shape index (κ3) is 6.07. The molecule has 0 saturated carbocycles. The van der Waals surface area contributed by atoms with Gasteiger partial charge in [0, 0.05) is 24.7 Å². The predicted molar refractivity (Wildman–Crippen MR) is 159 cm³/mol. The van der Waals surface area contributed by atoms with Crippen LogP contribution in [0.15, 0.2) is 71.5 Å². The van der Waals surface area contributed by atoms with Crippen molar-refractivity contribution in [3.8, 4) is 5.75 Å². The van der Waals surface area contributed by atoms with Gasteiger partial charge in [0.2, 0.25) is 0 Å². The molecule has 216 valence electrons. The summed E-state index contributed by atoms with van der Waals surface area (Å²) in [6.45, 7) is 9.88. The van der Waals surface area contributed by atoms with Gasteiger partial charge in [-0.05, 0) is 85.7 Å². The van der Waals surface area contributed by atoms with Gasteiger partial charge in [0.15, 0.2) is 6.61 Å². The maximum absolute atomic E-state index is 13.4. The van der Waals surface area contributed by atoms with Crippen molar-refractivity contribution in [2.75, 3.05) is 18.5 Å². The second kappa shape index (κ2) is 12.3. The number of carbonyl (C=O) groups excluding carboxylic acids is 1.